The van der Waals surface area contributed by atoms with Gasteiger partial charge in [0.2, 0.25) is 0 Å². The number of carbonyl (C=O) groups is 1. The van der Waals surface area contributed by atoms with Crippen molar-refractivity contribution < 1.29 is 9.53 Å². The molecule has 0 unspecified atom stereocenters. The highest BCUT2D eigenvalue weighted by atomic mass is 16.5. The van der Waals surface area contributed by atoms with Crippen molar-refractivity contribution in [2.45, 2.75) is 13.5 Å². The highest BCUT2D eigenvalue weighted by Crippen LogP contribution is 2.18. The summed E-state index contributed by atoms with van der Waals surface area (Å²) in [6.07, 6.45) is 3.48. The van der Waals surface area contributed by atoms with E-state index in [1.807, 2.05) is 56.4 Å². The Balaban J connectivity index is 1.53. The lowest BCUT2D eigenvalue weighted by molar-refractivity contribution is -0.123. The summed E-state index contributed by atoms with van der Waals surface area (Å²) in [6.45, 7) is 2.34. The highest BCUT2D eigenvalue weighted by molar-refractivity contribution is 5.77. The zero-order valence-electron chi connectivity index (χ0n) is 14.3. The number of ether oxygens (including phenoxy) is 1. The van der Waals surface area contributed by atoms with Crippen LogP contribution in [-0.4, -0.2) is 27.3 Å². The molecule has 1 amide bonds. The molecule has 0 atom stereocenters. The molecule has 6 nitrogen and oxygen atoms in total. The topological polar surface area (TPSA) is 69.0 Å². The molecule has 6 heteroatoms. The van der Waals surface area contributed by atoms with Crippen molar-refractivity contribution in [2.75, 3.05) is 6.61 Å². The summed E-state index contributed by atoms with van der Waals surface area (Å²) in [5.41, 5.74) is 3.95. The van der Waals surface area contributed by atoms with Crippen molar-refractivity contribution in [3.63, 3.8) is 0 Å². The first kappa shape index (κ1) is 16.7. The van der Waals surface area contributed by atoms with Gasteiger partial charge in [-0.25, -0.2) is 0 Å². The molecular formula is C19H20N4O2. The second-order valence-electron chi connectivity index (χ2n) is 5.76. The van der Waals surface area contributed by atoms with E-state index in [1.165, 1.54) is 0 Å². The quantitative estimate of drug-likeness (QED) is 0.751. The summed E-state index contributed by atoms with van der Waals surface area (Å²) in [5.74, 6) is 0.496. The molecule has 128 valence electrons. The van der Waals surface area contributed by atoms with Gasteiger partial charge in [0.25, 0.3) is 5.91 Å². The third kappa shape index (κ3) is 4.44. The molecular weight excluding hydrogens is 316 g/mol. The van der Waals surface area contributed by atoms with Crippen LogP contribution >= 0.6 is 0 Å². The van der Waals surface area contributed by atoms with Crippen LogP contribution in [0.25, 0.3) is 11.3 Å². The summed E-state index contributed by atoms with van der Waals surface area (Å²) in [5, 5.41) is 7.25. The number of carbonyl (C=O) groups excluding carboxylic acids is 1. The van der Waals surface area contributed by atoms with Crippen molar-refractivity contribution in [1.82, 2.24) is 20.1 Å². The van der Waals surface area contributed by atoms with E-state index in [9.17, 15) is 4.79 Å². The number of nitrogens with zero attached hydrogens (tertiary/aromatic N) is 3. The lowest BCUT2D eigenvalue weighted by Crippen LogP contribution is -2.28. The van der Waals surface area contributed by atoms with Crippen LogP contribution in [0.15, 0.2) is 54.9 Å². The molecule has 0 aliphatic heterocycles. The van der Waals surface area contributed by atoms with Crippen molar-refractivity contribution in [1.29, 1.82) is 0 Å². The SMILES string of the molecule is Cc1ccc(OCC(=O)NCc2cc(-c3ccncc3)n(C)n2)cc1. The van der Waals surface area contributed by atoms with E-state index in [4.69, 9.17) is 4.74 Å². The van der Waals surface area contributed by atoms with Gasteiger partial charge in [-0.3, -0.25) is 14.5 Å². The standard InChI is InChI=1S/C19H20N4O2/c1-14-3-5-17(6-4-14)25-13-19(24)21-12-16-11-18(23(2)22-16)15-7-9-20-10-8-15/h3-11H,12-13H2,1-2H3,(H,21,24). The maximum atomic E-state index is 11.9. The number of aryl methyl sites for hydroxylation is 2. The third-order valence-corrected chi connectivity index (χ3v) is 3.76. The number of hydrogen-bond donors (Lipinski definition) is 1. The maximum Gasteiger partial charge on any atom is 0.258 e. The zero-order valence-corrected chi connectivity index (χ0v) is 14.3. The predicted octanol–water partition coefficient (Wildman–Crippen LogP) is 2.49. The smallest absolute Gasteiger partial charge is 0.258 e. The number of pyridine rings is 1. The van der Waals surface area contributed by atoms with Crippen LogP contribution in [0.3, 0.4) is 0 Å². The second kappa shape index (κ2) is 7.61. The first-order valence-corrected chi connectivity index (χ1v) is 8.01. The van der Waals surface area contributed by atoms with E-state index in [1.54, 1.807) is 17.1 Å². The average Bonchev–Trinajstić information content (AvgIpc) is 3.01. The number of amides is 1. The van der Waals surface area contributed by atoms with Crippen molar-refractivity contribution in [2.24, 2.45) is 7.05 Å². The van der Waals surface area contributed by atoms with Crippen molar-refractivity contribution in [3.8, 4) is 17.0 Å². The Morgan fingerprint density at radius 1 is 1.16 bits per heavy atom. The van der Waals surface area contributed by atoms with E-state index < -0.39 is 0 Å². The Morgan fingerprint density at radius 2 is 1.88 bits per heavy atom. The summed E-state index contributed by atoms with van der Waals surface area (Å²) >= 11 is 0. The van der Waals surface area contributed by atoms with Gasteiger partial charge in [-0.05, 0) is 37.3 Å². The molecule has 1 N–H and O–H groups in total. The van der Waals surface area contributed by atoms with E-state index in [-0.39, 0.29) is 12.5 Å². The monoisotopic (exact) mass is 336 g/mol. The number of hydrogen-bond acceptors (Lipinski definition) is 4. The molecule has 0 aliphatic carbocycles. The Labute approximate surface area is 146 Å². The molecule has 0 bridgehead atoms. The van der Waals surface area contributed by atoms with Crippen LogP contribution in [0.2, 0.25) is 0 Å². The van der Waals surface area contributed by atoms with E-state index >= 15 is 0 Å². The van der Waals surface area contributed by atoms with Crippen LogP contribution in [0.1, 0.15) is 11.3 Å². The minimum Gasteiger partial charge on any atom is -0.484 e. The van der Waals surface area contributed by atoms with Crippen molar-refractivity contribution >= 4 is 5.91 Å². The first-order chi connectivity index (χ1) is 12.1. The lowest BCUT2D eigenvalue weighted by atomic mass is 10.2. The Morgan fingerprint density at radius 3 is 2.60 bits per heavy atom. The minimum atomic E-state index is -0.184. The van der Waals surface area contributed by atoms with Crippen molar-refractivity contribution in [3.05, 3.63) is 66.1 Å². The molecule has 0 radical (unpaired) electrons. The average molecular weight is 336 g/mol. The molecule has 25 heavy (non-hydrogen) atoms. The molecule has 0 saturated carbocycles. The molecule has 2 heterocycles. The maximum absolute atomic E-state index is 11.9. The molecule has 0 spiro atoms. The molecule has 3 rings (SSSR count). The van der Waals surface area contributed by atoms with Crippen LogP contribution < -0.4 is 10.1 Å². The lowest BCUT2D eigenvalue weighted by Gasteiger charge is -2.06. The summed E-state index contributed by atoms with van der Waals surface area (Å²) < 4.78 is 7.26. The fourth-order valence-electron chi connectivity index (χ4n) is 2.43. The van der Waals surface area contributed by atoms with E-state index in [2.05, 4.69) is 15.4 Å². The molecule has 0 fully saturated rings. The molecule has 2 aromatic heterocycles. The zero-order chi connectivity index (χ0) is 17.6. The second-order valence-corrected chi connectivity index (χ2v) is 5.76. The Bertz CT molecular complexity index is 842. The third-order valence-electron chi connectivity index (χ3n) is 3.76. The van der Waals surface area contributed by atoms with Gasteiger partial charge in [-0.15, -0.1) is 0 Å². The molecule has 0 aliphatic rings. The summed E-state index contributed by atoms with van der Waals surface area (Å²) in [4.78, 5) is 16.0. The molecule has 1 aromatic carbocycles. The fraction of sp³-hybridized carbons (Fsp3) is 0.211. The Hall–Kier alpha value is -3.15. The van der Waals surface area contributed by atoms with Crippen LogP contribution in [0, 0.1) is 6.92 Å². The highest BCUT2D eigenvalue weighted by Gasteiger charge is 2.09. The van der Waals surface area contributed by atoms with Crippen LogP contribution in [0.5, 0.6) is 5.75 Å². The number of nitrogens with one attached hydrogen (secondary N) is 1. The van der Waals surface area contributed by atoms with Gasteiger partial charge in [0, 0.05) is 25.0 Å². The minimum absolute atomic E-state index is 0.0207. The number of benzene rings is 1. The normalized spacial score (nSPS) is 10.5. The molecule has 3 aromatic rings. The summed E-state index contributed by atoms with van der Waals surface area (Å²) in [6, 6.07) is 13.4. The van der Waals surface area contributed by atoms with Gasteiger partial charge < -0.3 is 10.1 Å². The fourth-order valence-corrected chi connectivity index (χ4v) is 2.43. The van der Waals surface area contributed by atoms with Gasteiger partial charge in [-0.1, -0.05) is 17.7 Å². The van der Waals surface area contributed by atoms with Gasteiger partial charge in [0.05, 0.1) is 17.9 Å². The Kier molecular flexibility index (Phi) is 5.09. The number of rotatable bonds is 6. The van der Waals surface area contributed by atoms with Gasteiger partial charge in [0.1, 0.15) is 5.75 Å². The first-order valence-electron chi connectivity index (χ1n) is 8.01. The van der Waals surface area contributed by atoms with Gasteiger partial charge in [-0.2, -0.15) is 5.10 Å². The molecule has 0 saturated heterocycles. The largest absolute Gasteiger partial charge is 0.484 e. The van der Waals surface area contributed by atoms with Gasteiger partial charge in [0.15, 0.2) is 6.61 Å². The van der Waals surface area contributed by atoms with Gasteiger partial charge >= 0.3 is 0 Å². The number of aromatic nitrogens is 3. The van der Waals surface area contributed by atoms with Crippen LogP contribution in [-0.2, 0) is 18.4 Å². The summed E-state index contributed by atoms with van der Waals surface area (Å²) in [7, 11) is 1.88. The van der Waals surface area contributed by atoms with Crippen LogP contribution in [0.4, 0.5) is 0 Å². The predicted molar refractivity (Wildman–Crippen MR) is 95.0 cm³/mol. The van der Waals surface area contributed by atoms with E-state index in [0.29, 0.717) is 12.3 Å². The van der Waals surface area contributed by atoms with E-state index in [0.717, 1.165) is 22.5 Å².